The second-order valence-electron chi connectivity index (χ2n) is 6.86. The van der Waals surface area contributed by atoms with Gasteiger partial charge >= 0.3 is 11.9 Å². The Labute approximate surface area is 193 Å². The molecule has 2 aromatic heterocycles. The van der Waals surface area contributed by atoms with Crippen LogP contribution in [0.4, 0.5) is 5.69 Å². The van der Waals surface area contributed by atoms with E-state index in [0.717, 1.165) is 15.9 Å². The van der Waals surface area contributed by atoms with Gasteiger partial charge in [-0.15, -0.1) is 11.3 Å². The molecule has 0 saturated carbocycles. The second kappa shape index (κ2) is 10.8. The molecule has 0 aliphatic heterocycles. The molecule has 0 bridgehead atoms. The average molecular weight is 474 g/mol. The SMILES string of the molecule is CCOC(=O)c1ccccc1NC(=O)Cn1cnc2sc(C(=O)OCCOC)c(C)c2c1=O. The quantitative estimate of drug-likeness (QED) is 0.371. The number of aryl methyl sites for hydroxylation is 1. The Bertz CT molecular complexity index is 1250. The lowest BCUT2D eigenvalue weighted by atomic mass is 10.2. The summed E-state index contributed by atoms with van der Waals surface area (Å²) in [5.41, 5.74) is 0.464. The maximum absolute atomic E-state index is 13.0. The topological polar surface area (TPSA) is 126 Å². The van der Waals surface area contributed by atoms with Crippen molar-refractivity contribution in [3.8, 4) is 0 Å². The highest BCUT2D eigenvalue weighted by Gasteiger charge is 2.21. The normalized spacial score (nSPS) is 10.8. The number of hydrogen-bond acceptors (Lipinski definition) is 9. The Morgan fingerprint density at radius 1 is 1.12 bits per heavy atom. The van der Waals surface area contributed by atoms with E-state index in [1.165, 1.54) is 19.5 Å². The molecular weight excluding hydrogens is 450 g/mol. The first-order valence-corrected chi connectivity index (χ1v) is 10.9. The van der Waals surface area contributed by atoms with Crippen LogP contribution in [-0.2, 0) is 25.5 Å². The first kappa shape index (κ1) is 24.1. The van der Waals surface area contributed by atoms with Crippen LogP contribution in [0.3, 0.4) is 0 Å². The Morgan fingerprint density at radius 2 is 1.88 bits per heavy atom. The molecule has 0 unspecified atom stereocenters. The predicted molar refractivity (Wildman–Crippen MR) is 122 cm³/mol. The van der Waals surface area contributed by atoms with E-state index in [0.29, 0.717) is 10.4 Å². The number of aromatic nitrogens is 2. The van der Waals surface area contributed by atoms with Gasteiger partial charge in [0.1, 0.15) is 22.9 Å². The van der Waals surface area contributed by atoms with Crippen molar-refractivity contribution in [1.29, 1.82) is 0 Å². The number of nitrogens with zero attached hydrogens (tertiary/aromatic N) is 2. The highest BCUT2D eigenvalue weighted by molar-refractivity contribution is 7.20. The van der Waals surface area contributed by atoms with Gasteiger partial charge in [-0.1, -0.05) is 12.1 Å². The van der Waals surface area contributed by atoms with Gasteiger partial charge in [-0.05, 0) is 31.5 Å². The summed E-state index contributed by atoms with van der Waals surface area (Å²) >= 11 is 1.05. The fourth-order valence-electron chi connectivity index (χ4n) is 3.07. The summed E-state index contributed by atoms with van der Waals surface area (Å²) in [5, 5.41) is 2.88. The number of carbonyl (C=O) groups is 3. The van der Waals surface area contributed by atoms with Crippen molar-refractivity contribution in [2.75, 3.05) is 32.2 Å². The largest absolute Gasteiger partial charge is 0.462 e. The smallest absolute Gasteiger partial charge is 0.348 e. The van der Waals surface area contributed by atoms with Crippen LogP contribution in [0.1, 0.15) is 32.5 Å². The molecule has 10 nitrogen and oxygen atoms in total. The van der Waals surface area contributed by atoms with Crippen LogP contribution in [0, 0.1) is 6.92 Å². The van der Waals surface area contributed by atoms with Crippen molar-refractivity contribution in [2.24, 2.45) is 0 Å². The van der Waals surface area contributed by atoms with Crippen LogP contribution in [0.25, 0.3) is 10.2 Å². The van der Waals surface area contributed by atoms with E-state index in [9.17, 15) is 19.2 Å². The van der Waals surface area contributed by atoms with Crippen molar-refractivity contribution >= 4 is 45.1 Å². The molecule has 1 amide bonds. The van der Waals surface area contributed by atoms with Gasteiger partial charge < -0.3 is 19.5 Å². The molecule has 2 heterocycles. The maximum atomic E-state index is 13.0. The molecule has 3 aromatic rings. The highest BCUT2D eigenvalue weighted by Crippen LogP contribution is 2.27. The number of esters is 2. The molecule has 0 fully saturated rings. The zero-order valence-electron chi connectivity index (χ0n) is 18.4. The number of benzene rings is 1. The molecule has 1 N–H and O–H groups in total. The summed E-state index contributed by atoms with van der Waals surface area (Å²) in [4.78, 5) is 54.9. The van der Waals surface area contributed by atoms with Gasteiger partial charge in [0.05, 0.1) is 36.2 Å². The molecular formula is C22H23N3O7S. The molecule has 0 radical (unpaired) electrons. The highest BCUT2D eigenvalue weighted by atomic mass is 32.1. The summed E-state index contributed by atoms with van der Waals surface area (Å²) in [5.74, 6) is -1.65. The molecule has 0 atom stereocenters. The van der Waals surface area contributed by atoms with E-state index in [4.69, 9.17) is 14.2 Å². The van der Waals surface area contributed by atoms with Gasteiger partial charge in [0.2, 0.25) is 5.91 Å². The number of para-hydroxylation sites is 1. The summed E-state index contributed by atoms with van der Waals surface area (Å²) in [6.45, 7) is 3.54. The van der Waals surface area contributed by atoms with E-state index < -0.39 is 23.4 Å². The Balaban J connectivity index is 1.82. The Morgan fingerprint density at radius 3 is 2.61 bits per heavy atom. The third kappa shape index (κ3) is 5.44. The van der Waals surface area contributed by atoms with E-state index in [-0.39, 0.29) is 47.9 Å². The third-order valence-electron chi connectivity index (χ3n) is 4.63. The number of fused-ring (bicyclic) bond motifs is 1. The number of carbonyl (C=O) groups excluding carboxylic acids is 3. The Hall–Kier alpha value is -3.57. The molecule has 11 heteroatoms. The van der Waals surface area contributed by atoms with Gasteiger partial charge in [0.25, 0.3) is 5.56 Å². The summed E-state index contributed by atoms with van der Waals surface area (Å²) in [6, 6.07) is 6.43. The second-order valence-corrected chi connectivity index (χ2v) is 7.86. The van der Waals surface area contributed by atoms with Crippen LogP contribution in [0.5, 0.6) is 0 Å². The fourth-order valence-corrected chi connectivity index (χ4v) is 4.11. The lowest BCUT2D eigenvalue weighted by Gasteiger charge is -2.11. The number of thiophene rings is 1. The van der Waals surface area contributed by atoms with Crippen molar-refractivity contribution in [1.82, 2.24) is 9.55 Å². The molecule has 0 saturated heterocycles. The molecule has 3 rings (SSSR count). The molecule has 0 aliphatic rings. The van der Waals surface area contributed by atoms with Crippen LogP contribution in [0.15, 0.2) is 35.4 Å². The monoisotopic (exact) mass is 473 g/mol. The number of anilines is 1. The first-order valence-electron chi connectivity index (χ1n) is 10.1. The van der Waals surface area contributed by atoms with Crippen LogP contribution in [-0.4, -0.2) is 54.3 Å². The molecule has 1 aromatic carbocycles. The maximum Gasteiger partial charge on any atom is 0.348 e. The van der Waals surface area contributed by atoms with Crippen molar-refractivity contribution in [3.05, 3.63) is 57.0 Å². The van der Waals surface area contributed by atoms with Crippen molar-refractivity contribution in [2.45, 2.75) is 20.4 Å². The minimum Gasteiger partial charge on any atom is -0.462 e. The van der Waals surface area contributed by atoms with Crippen molar-refractivity contribution < 1.29 is 28.6 Å². The number of nitrogens with one attached hydrogen (secondary N) is 1. The van der Waals surface area contributed by atoms with Crippen molar-refractivity contribution in [3.63, 3.8) is 0 Å². The lowest BCUT2D eigenvalue weighted by molar-refractivity contribution is -0.116. The number of methoxy groups -OCH3 is 1. The standard InChI is InChI=1S/C22H23N3O7S/c1-4-31-21(28)14-7-5-6-8-15(14)24-16(26)11-25-12-23-19-17(20(25)27)13(2)18(33-19)22(29)32-10-9-30-3/h5-8,12H,4,9-11H2,1-3H3,(H,24,26). The minimum atomic E-state index is -0.563. The fraction of sp³-hybridized carbons (Fsp3) is 0.318. The van der Waals surface area contributed by atoms with Gasteiger partial charge in [0, 0.05) is 7.11 Å². The first-order chi connectivity index (χ1) is 15.9. The summed E-state index contributed by atoms with van der Waals surface area (Å²) < 4.78 is 16.1. The number of hydrogen-bond donors (Lipinski definition) is 1. The van der Waals surface area contributed by atoms with Gasteiger partial charge in [-0.3, -0.25) is 14.2 Å². The molecule has 174 valence electrons. The third-order valence-corrected chi connectivity index (χ3v) is 5.81. The van der Waals surface area contributed by atoms with Gasteiger partial charge in [0.15, 0.2) is 0 Å². The number of amides is 1. The van der Waals surface area contributed by atoms with E-state index in [1.54, 1.807) is 32.0 Å². The van der Waals surface area contributed by atoms with Gasteiger partial charge in [-0.25, -0.2) is 14.6 Å². The average Bonchev–Trinajstić information content (AvgIpc) is 3.13. The van der Waals surface area contributed by atoms with Crippen LogP contribution >= 0.6 is 11.3 Å². The molecule has 33 heavy (non-hydrogen) atoms. The minimum absolute atomic E-state index is 0.0914. The zero-order chi connectivity index (χ0) is 24.0. The van der Waals surface area contributed by atoms with E-state index >= 15 is 0 Å². The van der Waals surface area contributed by atoms with E-state index in [2.05, 4.69) is 10.3 Å². The van der Waals surface area contributed by atoms with Gasteiger partial charge in [-0.2, -0.15) is 0 Å². The van der Waals surface area contributed by atoms with Crippen LogP contribution in [0.2, 0.25) is 0 Å². The lowest BCUT2D eigenvalue weighted by Crippen LogP contribution is -2.28. The zero-order valence-corrected chi connectivity index (χ0v) is 19.2. The Kier molecular flexibility index (Phi) is 7.91. The van der Waals surface area contributed by atoms with Crippen LogP contribution < -0.4 is 10.9 Å². The predicted octanol–water partition coefficient (Wildman–Crippen LogP) is 2.39. The summed E-state index contributed by atoms with van der Waals surface area (Å²) in [7, 11) is 1.50. The number of rotatable bonds is 9. The molecule has 0 aliphatic carbocycles. The summed E-state index contributed by atoms with van der Waals surface area (Å²) in [6.07, 6.45) is 1.25. The number of ether oxygens (including phenoxy) is 3. The molecule has 0 spiro atoms. The van der Waals surface area contributed by atoms with E-state index in [1.807, 2.05) is 0 Å².